The number of benzene rings is 2. The van der Waals surface area contributed by atoms with Gasteiger partial charge in [-0.3, -0.25) is 0 Å². The lowest BCUT2D eigenvalue weighted by Crippen LogP contribution is -2.14. The third-order valence-electron chi connectivity index (χ3n) is 3.94. The molecule has 3 heteroatoms. The highest BCUT2D eigenvalue weighted by molar-refractivity contribution is 9.10. The van der Waals surface area contributed by atoms with Crippen molar-refractivity contribution in [3.8, 4) is 11.5 Å². The monoisotopic (exact) mass is 348 g/mol. The van der Waals surface area contributed by atoms with Crippen LogP contribution in [-0.4, -0.2) is 5.11 Å². The number of aliphatic hydroxyl groups is 1. The van der Waals surface area contributed by atoms with Crippen LogP contribution in [0.25, 0.3) is 0 Å². The van der Waals surface area contributed by atoms with Crippen LogP contribution in [0.1, 0.15) is 38.3 Å². The third kappa shape index (κ3) is 3.86. The second-order valence-electron chi connectivity index (χ2n) is 5.77. The SMILES string of the molecule is CCC(C)(C)c1ccc(Oc2ccc(Br)cc2CO)cc1. The predicted molar refractivity (Wildman–Crippen MR) is 89.9 cm³/mol. The first-order valence-electron chi connectivity index (χ1n) is 7.14. The minimum Gasteiger partial charge on any atom is -0.457 e. The molecule has 0 aliphatic carbocycles. The first-order chi connectivity index (χ1) is 9.96. The Morgan fingerprint density at radius 1 is 1.10 bits per heavy atom. The maximum Gasteiger partial charge on any atom is 0.133 e. The lowest BCUT2D eigenvalue weighted by Gasteiger charge is -2.23. The number of hydrogen-bond donors (Lipinski definition) is 1. The van der Waals surface area contributed by atoms with Crippen LogP contribution in [0.2, 0.25) is 0 Å². The zero-order valence-electron chi connectivity index (χ0n) is 12.7. The summed E-state index contributed by atoms with van der Waals surface area (Å²) in [6.07, 6.45) is 1.09. The molecule has 2 rings (SSSR count). The Bertz CT molecular complexity index is 603. The Hall–Kier alpha value is -1.32. The van der Waals surface area contributed by atoms with Gasteiger partial charge in [0.2, 0.25) is 0 Å². The maximum absolute atomic E-state index is 9.40. The van der Waals surface area contributed by atoms with Gasteiger partial charge in [-0.1, -0.05) is 48.8 Å². The Labute approximate surface area is 134 Å². The molecule has 0 saturated heterocycles. The quantitative estimate of drug-likeness (QED) is 0.781. The summed E-state index contributed by atoms with van der Waals surface area (Å²) >= 11 is 3.40. The average Bonchev–Trinajstić information content (AvgIpc) is 2.49. The Morgan fingerprint density at radius 2 is 1.76 bits per heavy atom. The molecule has 0 atom stereocenters. The molecule has 1 N–H and O–H groups in total. The second-order valence-corrected chi connectivity index (χ2v) is 6.69. The molecule has 2 nitrogen and oxygen atoms in total. The van der Waals surface area contributed by atoms with Crippen molar-refractivity contribution in [1.82, 2.24) is 0 Å². The van der Waals surface area contributed by atoms with Gasteiger partial charge in [0.15, 0.2) is 0 Å². The number of rotatable bonds is 5. The summed E-state index contributed by atoms with van der Waals surface area (Å²) in [5, 5.41) is 9.40. The van der Waals surface area contributed by atoms with Gasteiger partial charge in [0, 0.05) is 10.0 Å². The predicted octanol–water partition coefficient (Wildman–Crippen LogP) is 5.42. The summed E-state index contributed by atoms with van der Waals surface area (Å²) < 4.78 is 6.81. The van der Waals surface area contributed by atoms with Crippen LogP contribution in [0.15, 0.2) is 46.9 Å². The summed E-state index contributed by atoms with van der Waals surface area (Å²) in [5.74, 6) is 1.46. The van der Waals surface area contributed by atoms with Crippen molar-refractivity contribution < 1.29 is 9.84 Å². The van der Waals surface area contributed by atoms with Crippen molar-refractivity contribution in [3.63, 3.8) is 0 Å². The van der Waals surface area contributed by atoms with Crippen molar-refractivity contribution in [3.05, 3.63) is 58.1 Å². The van der Waals surface area contributed by atoms with Gasteiger partial charge in [-0.25, -0.2) is 0 Å². The van der Waals surface area contributed by atoms with Crippen LogP contribution >= 0.6 is 15.9 Å². The van der Waals surface area contributed by atoms with Crippen molar-refractivity contribution in [2.45, 2.75) is 39.2 Å². The molecule has 0 saturated carbocycles. The van der Waals surface area contributed by atoms with E-state index >= 15 is 0 Å². The smallest absolute Gasteiger partial charge is 0.133 e. The number of aliphatic hydroxyl groups excluding tert-OH is 1. The normalized spacial score (nSPS) is 11.5. The van der Waals surface area contributed by atoms with Gasteiger partial charge < -0.3 is 9.84 Å². The minimum atomic E-state index is -0.0459. The molecule has 0 aliphatic heterocycles. The van der Waals surface area contributed by atoms with Gasteiger partial charge in [-0.2, -0.15) is 0 Å². The lowest BCUT2D eigenvalue weighted by atomic mass is 9.82. The van der Waals surface area contributed by atoms with E-state index in [1.165, 1.54) is 5.56 Å². The van der Waals surface area contributed by atoms with Crippen molar-refractivity contribution in [1.29, 1.82) is 0 Å². The molecule has 0 radical (unpaired) electrons. The zero-order chi connectivity index (χ0) is 15.5. The fourth-order valence-electron chi connectivity index (χ4n) is 2.08. The van der Waals surface area contributed by atoms with E-state index in [0.717, 1.165) is 22.2 Å². The first kappa shape index (κ1) is 16.1. The zero-order valence-corrected chi connectivity index (χ0v) is 14.3. The Kier molecular flexibility index (Phi) is 5.07. The van der Waals surface area contributed by atoms with Crippen LogP contribution in [0.3, 0.4) is 0 Å². The molecule has 0 unspecified atom stereocenters. The van der Waals surface area contributed by atoms with E-state index in [-0.39, 0.29) is 12.0 Å². The lowest BCUT2D eigenvalue weighted by molar-refractivity contribution is 0.276. The highest BCUT2D eigenvalue weighted by Crippen LogP contribution is 2.31. The molecule has 21 heavy (non-hydrogen) atoms. The average molecular weight is 349 g/mol. The standard InChI is InChI=1S/C18H21BrO2/c1-4-18(2,3)14-5-8-16(9-6-14)21-17-10-7-15(19)11-13(17)12-20/h5-11,20H,4,12H2,1-3H3. The van der Waals surface area contributed by atoms with E-state index in [1.54, 1.807) is 0 Å². The summed E-state index contributed by atoms with van der Waals surface area (Å²) in [5.41, 5.74) is 2.24. The number of ether oxygens (including phenoxy) is 1. The summed E-state index contributed by atoms with van der Waals surface area (Å²) in [6, 6.07) is 13.8. The van der Waals surface area contributed by atoms with Crippen molar-refractivity contribution in [2.75, 3.05) is 0 Å². The van der Waals surface area contributed by atoms with E-state index in [1.807, 2.05) is 30.3 Å². The van der Waals surface area contributed by atoms with E-state index in [9.17, 15) is 5.11 Å². The van der Waals surface area contributed by atoms with Crippen molar-refractivity contribution >= 4 is 15.9 Å². The Morgan fingerprint density at radius 3 is 2.33 bits per heavy atom. The van der Waals surface area contributed by atoms with Gasteiger partial charge in [0.05, 0.1) is 6.61 Å². The first-order valence-corrected chi connectivity index (χ1v) is 7.93. The van der Waals surface area contributed by atoms with Crippen LogP contribution < -0.4 is 4.74 Å². The van der Waals surface area contributed by atoms with Crippen LogP contribution in [-0.2, 0) is 12.0 Å². The number of hydrogen-bond acceptors (Lipinski definition) is 2. The van der Waals surface area contributed by atoms with Crippen LogP contribution in [0.5, 0.6) is 11.5 Å². The van der Waals surface area contributed by atoms with Gasteiger partial charge >= 0.3 is 0 Å². The van der Waals surface area contributed by atoms with Crippen LogP contribution in [0.4, 0.5) is 0 Å². The molecular formula is C18H21BrO2. The fourth-order valence-corrected chi connectivity index (χ4v) is 2.48. The van der Waals surface area contributed by atoms with Gasteiger partial charge in [-0.15, -0.1) is 0 Å². The van der Waals surface area contributed by atoms with Gasteiger partial charge in [0.1, 0.15) is 11.5 Å². The molecule has 112 valence electrons. The molecule has 0 heterocycles. The summed E-state index contributed by atoms with van der Waals surface area (Å²) in [6.45, 7) is 6.62. The summed E-state index contributed by atoms with van der Waals surface area (Å²) in [7, 11) is 0. The molecule has 0 amide bonds. The highest BCUT2D eigenvalue weighted by Gasteiger charge is 2.17. The number of halogens is 1. The molecule has 0 aliphatic rings. The fraction of sp³-hybridized carbons (Fsp3) is 0.333. The highest BCUT2D eigenvalue weighted by atomic mass is 79.9. The summed E-state index contributed by atoms with van der Waals surface area (Å²) in [4.78, 5) is 0. The van der Waals surface area contributed by atoms with Crippen LogP contribution in [0, 0.1) is 0 Å². The van der Waals surface area contributed by atoms with E-state index < -0.39 is 0 Å². The van der Waals surface area contributed by atoms with E-state index in [4.69, 9.17) is 4.74 Å². The molecule has 0 fully saturated rings. The van der Waals surface area contributed by atoms with E-state index in [0.29, 0.717) is 5.75 Å². The van der Waals surface area contributed by atoms with Gasteiger partial charge in [0.25, 0.3) is 0 Å². The molecule has 0 bridgehead atoms. The Balaban J connectivity index is 2.21. The molecular weight excluding hydrogens is 328 g/mol. The van der Waals surface area contributed by atoms with Crippen molar-refractivity contribution in [2.24, 2.45) is 0 Å². The third-order valence-corrected chi connectivity index (χ3v) is 4.43. The molecule has 0 spiro atoms. The molecule has 0 aromatic heterocycles. The van der Waals surface area contributed by atoms with Gasteiger partial charge in [-0.05, 0) is 47.7 Å². The second kappa shape index (κ2) is 6.63. The molecule has 2 aromatic rings. The largest absolute Gasteiger partial charge is 0.457 e. The van der Waals surface area contributed by atoms with E-state index in [2.05, 4.69) is 48.8 Å². The minimum absolute atomic E-state index is 0.0459. The topological polar surface area (TPSA) is 29.5 Å². The molecule has 2 aromatic carbocycles. The maximum atomic E-state index is 9.40.